The first-order valence-electron chi connectivity index (χ1n) is 9.84. The summed E-state index contributed by atoms with van der Waals surface area (Å²) in [6.45, 7) is 11.2. The van der Waals surface area contributed by atoms with Gasteiger partial charge in [0.15, 0.2) is 0 Å². The Morgan fingerprint density at radius 3 is 2.73 bits per heavy atom. The third-order valence-corrected chi connectivity index (χ3v) is 6.07. The van der Waals surface area contributed by atoms with Crippen LogP contribution in [0.2, 0.25) is 0 Å². The van der Waals surface area contributed by atoms with E-state index in [2.05, 4.69) is 50.8 Å². The average molecular weight is 356 g/mol. The van der Waals surface area contributed by atoms with Crippen LogP contribution >= 0.6 is 0 Å². The maximum Gasteiger partial charge on any atom is 0.139 e. The van der Waals surface area contributed by atoms with Crippen LogP contribution < -0.4 is 9.64 Å². The van der Waals surface area contributed by atoms with Crippen LogP contribution in [-0.2, 0) is 9.47 Å². The fourth-order valence-electron chi connectivity index (χ4n) is 4.45. The van der Waals surface area contributed by atoms with Gasteiger partial charge >= 0.3 is 0 Å². The molecule has 4 rings (SSSR count). The van der Waals surface area contributed by atoms with Crippen molar-refractivity contribution in [2.24, 2.45) is 5.92 Å². The van der Waals surface area contributed by atoms with E-state index in [0.29, 0.717) is 5.92 Å². The van der Waals surface area contributed by atoms with Gasteiger partial charge in [0.25, 0.3) is 0 Å². The number of rotatable bonds is 1. The van der Waals surface area contributed by atoms with E-state index in [1.54, 1.807) is 0 Å². The fourth-order valence-corrected chi connectivity index (χ4v) is 4.45. The van der Waals surface area contributed by atoms with Gasteiger partial charge in [-0.25, -0.2) is 0 Å². The summed E-state index contributed by atoms with van der Waals surface area (Å²) in [5.74, 6) is 8.18. The molecule has 140 valence electrons. The zero-order valence-corrected chi connectivity index (χ0v) is 16.1. The normalized spacial score (nSPS) is 33.2. The van der Waals surface area contributed by atoms with Crippen LogP contribution in [0.5, 0.6) is 5.75 Å². The molecule has 3 aliphatic rings. The number of nitrogens with one attached hydrogen (secondary N) is 1. The summed E-state index contributed by atoms with van der Waals surface area (Å²) < 4.78 is 18.4. The highest BCUT2D eigenvalue weighted by molar-refractivity contribution is 5.39. The maximum absolute atomic E-state index is 6.64. The standard InChI is InChI=1S/C22H29NO3/c1-21(2)18-9-11-22(3,10-6-12-23-13-15-24-16-14-23)26-20(18)17-7-4-5-8-19(17)25-21/h4-5,7-8,18,20H,9,11-16H2,1-3H3/p+1/t18-,20-,22-/m1/s1. The lowest BCUT2D eigenvalue weighted by Crippen LogP contribution is -3.14. The van der Waals surface area contributed by atoms with Crippen LogP contribution in [0, 0.1) is 17.8 Å². The minimum Gasteiger partial charge on any atom is -0.487 e. The van der Waals surface area contributed by atoms with Gasteiger partial charge in [-0.15, -0.1) is 0 Å². The zero-order chi connectivity index (χ0) is 18.2. The Morgan fingerprint density at radius 1 is 1.15 bits per heavy atom. The lowest BCUT2D eigenvalue weighted by atomic mass is 9.73. The molecule has 0 aromatic heterocycles. The molecule has 4 heteroatoms. The summed E-state index contributed by atoms with van der Waals surface area (Å²) in [4.78, 5) is 1.51. The topological polar surface area (TPSA) is 32.1 Å². The first kappa shape index (κ1) is 17.9. The Bertz CT molecular complexity index is 714. The van der Waals surface area contributed by atoms with Gasteiger partial charge in [-0.05, 0) is 45.6 Å². The summed E-state index contributed by atoms with van der Waals surface area (Å²) in [5.41, 5.74) is 0.572. The van der Waals surface area contributed by atoms with Gasteiger partial charge in [0.05, 0.1) is 19.3 Å². The van der Waals surface area contributed by atoms with Crippen molar-refractivity contribution < 1.29 is 19.1 Å². The lowest BCUT2D eigenvalue weighted by molar-refractivity contribution is -0.900. The summed E-state index contributed by atoms with van der Waals surface area (Å²) in [5, 5.41) is 0. The second-order valence-electron chi connectivity index (χ2n) is 8.50. The van der Waals surface area contributed by atoms with E-state index >= 15 is 0 Å². The number of morpholine rings is 1. The number of hydrogen-bond acceptors (Lipinski definition) is 3. The third kappa shape index (κ3) is 3.49. The molecule has 1 aromatic rings. The lowest BCUT2D eigenvalue weighted by Gasteiger charge is -2.50. The monoisotopic (exact) mass is 356 g/mol. The molecular weight excluding hydrogens is 326 g/mol. The van der Waals surface area contributed by atoms with Crippen molar-refractivity contribution >= 4 is 0 Å². The Morgan fingerprint density at radius 2 is 1.92 bits per heavy atom. The first-order chi connectivity index (χ1) is 12.5. The number of fused-ring (bicyclic) bond motifs is 3. The molecule has 0 radical (unpaired) electrons. The second-order valence-corrected chi connectivity index (χ2v) is 8.50. The number of hydrogen-bond donors (Lipinski definition) is 1. The van der Waals surface area contributed by atoms with Crippen molar-refractivity contribution in [2.45, 2.75) is 50.9 Å². The van der Waals surface area contributed by atoms with Crippen LogP contribution in [0.15, 0.2) is 24.3 Å². The molecule has 26 heavy (non-hydrogen) atoms. The van der Waals surface area contributed by atoms with Crippen molar-refractivity contribution in [3.8, 4) is 17.6 Å². The molecule has 3 heterocycles. The smallest absolute Gasteiger partial charge is 0.139 e. The Balaban J connectivity index is 1.52. The van der Waals surface area contributed by atoms with Crippen LogP contribution in [0.1, 0.15) is 45.3 Å². The molecule has 4 nitrogen and oxygen atoms in total. The van der Waals surface area contributed by atoms with Gasteiger partial charge in [0, 0.05) is 11.5 Å². The van der Waals surface area contributed by atoms with Gasteiger partial charge in [-0.1, -0.05) is 24.1 Å². The van der Waals surface area contributed by atoms with Crippen molar-refractivity contribution in [2.75, 3.05) is 32.8 Å². The highest BCUT2D eigenvalue weighted by Crippen LogP contribution is 2.52. The van der Waals surface area contributed by atoms with E-state index in [-0.39, 0.29) is 17.3 Å². The Kier molecular flexibility index (Phi) is 4.73. The first-order valence-corrected chi connectivity index (χ1v) is 9.84. The summed E-state index contributed by atoms with van der Waals surface area (Å²) in [7, 11) is 0. The number of benzene rings is 1. The fraction of sp³-hybridized carbons (Fsp3) is 0.636. The third-order valence-electron chi connectivity index (χ3n) is 6.07. The van der Waals surface area contributed by atoms with Gasteiger partial charge in [-0.2, -0.15) is 0 Å². The van der Waals surface area contributed by atoms with E-state index in [1.807, 2.05) is 6.07 Å². The minimum atomic E-state index is -0.382. The van der Waals surface area contributed by atoms with Crippen molar-refractivity contribution in [1.82, 2.24) is 0 Å². The number of ether oxygens (including phenoxy) is 3. The second kappa shape index (κ2) is 6.88. The van der Waals surface area contributed by atoms with Crippen molar-refractivity contribution in [3.05, 3.63) is 29.8 Å². The van der Waals surface area contributed by atoms with Crippen LogP contribution in [-0.4, -0.2) is 44.1 Å². The quantitative estimate of drug-likeness (QED) is 0.781. The zero-order valence-electron chi connectivity index (χ0n) is 16.1. The highest BCUT2D eigenvalue weighted by atomic mass is 16.5. The summed E-state index contributed by atoms with van der Waals surface area (Å²) >= 11 is 0. The number of quaternary nitrogens is 1. The molecule has 2 fully saturated rings. The molecule has 0 spiro atoms. The molecule has 1 N–H and O–H groups in total. The molecule has 0 aliphatic carbocycles. The van der Waals surface area contributed by atoms with Crippen LogP contribution in [0.25, 0.3) is 0 Å². The number of para-hydroxylation sites is 1. The van der Waals surface area contributed by atoms with Gasteiger partial charge in [0.2, 0.25) is 0 Å². The Hall–Kier alpha value is -1.54. The molecular formula is C22H30NO3+. The van der Waals surface area contributed by atoms with Crippen LogP contribution in [0.4, 0.5) is 0 Å². The van der Waals surface area contributed by atoms with E-state index < -0.39 is 0 Å². The summed E-state index contributed by atoms with van der Waals surface area (Å²) in [6, 6.07) is 8.29. The molecule has 3 atom stereocenters. The molecule has 3 aliphatic heterocycles. The summed E-state index contributed by atoms with van der Waals surface area (Å²) in [6.07, 6.45) is 2.08. The molecule has 0 amide bonds. The van der Waals surface area contributed by atoms with Gasteiger partial charge in [-0.3, -0.25) is 0 Å². The van der Waals surface area contributed by atoms with Crippen molar-refractivity contribution in [3.63, 3.8) is 0 Å². The Labute approximate surface area is 156 Å². The molecule has 0 bridgehead atoms. The predicted molar refractivity (Wildman–Crippen MR) is 100 cm³/mol. The van der Waals surface area contributed by atoms with Gasteiger partial charge < -0.3 is 19.1 Å². The molecule has 2 saturated heterocycles. The van der Waals surface area contributed by atoms with E-state index in [4.69, 9.17) is 14.2 Å². The van der Waals surface area contributed by atoms with E-state index in [9.17, 15) is 0 Å². The molecule has 0 unspecified atom stereocenters. The maximum atomic E-state index is 6.64. The molecule has 1 aromatic carbocycles. The average Bonchev–Trinajstić information content (AvgIpc) is 2.62. The van der Waals surface area contributed by atoms with E-state index in [1.165, 1.54) is 10.5 Å². The highest BCUT2D eigenvalue weighted by Gasteiger charge is 2.49. The minimum absolute atomic E-state index is 0.0544. The van der Waals surface area contributed by atoms with Crippen LogP contribution in [0.3, 0.4) is 0 Å². The molecule has 0 saturated carbocycles. The van der Waals surface area contributed by atoms with Crippen molar-refractivity contribution in [1.29, 1.82) is 0 Å². The van der Waals surface area contributed by atoms with E-state index in [0.717, 1.165) is 51.4 Å². The van der Waals surface area contributed by atoms with Gasteiger partial charge in [0.1, 0.15) is 36.6 Å². The SMILES string of the molecule is CC1(C)Oc2ccccc2[C@H]2O[C@](C)(C#CC[NH+]3CCOCC3)CC[C@H]21. The predicted octanol–water partition coefficient (Wildman–Crippen LogP) is 2.00. The largest absolute Gasteiger partial charge is 0.487 e.